The summed E-state index contributed by atoms with van der Waals surface area (Å²) in [5.74, 6) is -111. The van der Waals surface area contributed by atoms with Crippen LogP contribution in [-0.2, 0) is 0 Å². The van der Waals surface area contributed by atoms with Gasteiger partial charge in [-0.05, 0) is 0 Å². The largest absolute Gasteiger partial charge is 0.460 e. The first-order chi connectivity index (χ1) is 33.2. The Morgan fingerprint density at radius 3 is 0.212 bits per heavy atom. The second-order valence-electron chi connectivity index (χ2n) is 13.8. The molecule has 0 saturated carbocycles. The first-order valence-corrected chi connectivity index (χ1v) is 16.0. The minimum Gasteiger partial charge on any atom is -0.191 e. The van der Waals surface area contributed by atoms with Crippen molar-refractivity contribution in [2.45, 2.75) is 144 Å². The van der Waals surface area contributed by atoms with Crippen molar-refractivity contribution in [3.8, 4) is 0 Å². The summed E-state index contributed by atoms with van der Waals surface area (Å²) in [6.45, 7) is 0. The van der Waals surface area contributed by atoms with Crippen LogP contribution in [0.3, 0.4) is 0 Å². The first kappa shape index (κ1) is 78.2. The summed E-state index contributed by atoms with van der Waals surface area (Å²) < 4.78 is 699. The van der Waals surface area contributed by atoms with Crippen molar-refractivity contribution in [2.75, 3.05) is 0 Å². The van der Waals surface area contributed by atoms with Gasteiger partial charge in [0.2, 0.25) is 0 Å². The third-order valence-corrected chi connectivity index (χ3v) is 8.45. The molecule has 0 aromatic carbocycles. The zero-order valence-electron chi connectivity index (χ0n) is 33.3. The Hall–Kier alpha value is -3.86. The highest BCUT2D eigenvalue weighted by atomic mass is 19.5. The number of hydrogen-bond acceptors (Lipinski definition) is 2. The van der Waals surface area contributed by atoms with Crippen molar-refractivity contribution in [2.24, 2.45) is 0 Å². The molecule has 0 fully saturated rings. The molecule has 0 aliphatic carbocycles. The molecule has 0 bridgehead atoms. The lowest BCUT2D eigenvalue weighted by molar-refractivity contribution is -0.528. The van der Waals surface area contributed by atoms with E-state index in [1.54, 1.807) is 0 Å². The van der Waals surface area contributed by atoms with Gasteiger partial charge in [0.25, 0.3) is 0 Å². The molecule has 0 spiro atoms. The Morgan fingerprint density at radius 2 is 0.163 bits per heavy atom. The molecule has 56 heteroatoms. The van der Waals surface area contributed by atoms with Gasteiger partial charge in [-0.15, -0.1) is 9.80 Å². The summed E-state index contributed by atoms with van der Waals surface area (Å²) in [7, 11) is 0. The van der Waals surface area contributed by atoms with E-state index < -0.39 is 154 Å². The minimum atomic E-state index is -9.81. The highest BCUT2D eigenvalue weighted by molar-refractivity contribution is 5.14. The Labute approximate surface area is 393 Å². The topological polar surface area (TPSA) is 6.48 Å². The predicted molar refractivity (Wildman–Crippen MR) is 129 cm³/mol. The average molecular weight is 1340 g/mol. The first-order valence-electron chi connectivity index (χ1n) is 16.0. The second-order valence-corrected chi connectivity index (χ2v) is 13.8. The van der Waals surface area contributed by atoms with Crippen molar-refractivity contribution >= 4 is 0 Å². The highest BCUT2D eigenvalue weighted by Crippen LogP contribution is 2.68. The Bertz CT molecular complexity index is 1730. The van der Waals surface area contributed by atoms with E-state index in [0.717, 1.165) is 0 Å². The lowest BCUT2D eigenvalue weighted by atomic mass is 10.00. The second kappa shape index (κ2) is 19.3. The van der Waals surface area contributed by atoms with Crippen LogP contribution < -0.4 is 0 Å². The third-order valence-electron chi connectivity index (χ3n) is 8.45. The molecule has 0 aliphatic heterocycles. The van der Waals surface area contributed by atoms with Crippen LogP contribution in [0.2, 0.25) is 0 Å². The number of halogens is 54. The maximum atomic E-state index is 13.8. The molecule has 0 heterocycles. The number of nitrogens with zero attached hydrogens (tertiary/aromatic N) is 2. The monoisotopic (exact) mass is 1340 g/mol. The predicted octanol–water partition coefficient (Wildman–Crippen LogP) is 17.1. The molecule has 0 aromatic rings. The van der Waals surface area contributed by atoms with Gasteiger partial charge in [0.1, 0.15) is 0 Å². The van der Waals surface area contributed by atoms with Gasteiger partial charge in [0.15, 0.2) is 0 Å². The van der Waals surface area contributed by atoms with Gasteiger partial charge in [-0.2, -0.15) is 237 Å². The van der Waals surface area contributed by atoms with Gasteiger partial charge in [-0.3, -0.25) is 0 Å². The lowest BCUT2D eigenvalue weighted by Crippen LogP contribution is -2.81. The van der Waals surface area contributed by atoms with Crippen LogP contribution in [0, 0.1) is 0 Å². The molecule has 0 unspecified atom stereocenters. The van der Waals surface area contributed by atoms with E-state index >= 15 is 0 Å². The van der Waals surface area contributed by atoms with Gasteiger partial charge < -0.3 is 0 Å². The number of alkyl halides is 54. The van der Waals surface area contributed by atoms with Crippen LogP contribution in [0.1, 0.15) is 0 Å². The van der Waals surface area contributed by atoms with E-state index in [9.17, 15) is 237 Å². The van der Waals surface area contributed by atoms with Crippen LogP contribution in [0.4, 0.5) is 237 Å². The smallest absolute Gasteiger partial charge is 0.191 e. The average Bonchev–Trinajstić information content (AvgIpc) is 3.13. The molecular formula is C24F54N2. The van der Waals surface area contributed by atoms with Crippen molar-refractivity contribution in [1.29, 1.82) is 0 Å². The summed E-state index contributed by atoms with van der Waals surface area (Å²) in [6, 6.07) is -58.9. The number of rotatable bonds is 18. The molecule has 0 aromatic heterocycles. The van der Waals surface area contributed by atoms with E-state index in [2.05, 4.69) is 0 Å². The summed E-state index contributed by atoms with van der Waals surface area (Å²) in [4.78, 5) is -12.3. The quantitative estimate of drug-likeness (QED) is 0.0997. The van der Waals surface area contributed by atoms with E-state index in [1.165, 1.54) is 0 Å². The zero-order valence-corrected chi connectivity index (χ0v) is 33.3. The summed E-state index contributed by atoms with van der Waals surface area (Å²) in [5.41, 5.74) is 0. The maximum Gasteiger partial charge on any atom is 0.460 e. The van der Waals surface area contributed by atoms with Crippen LogP contribution in [0.15, 0.2) is 0 Å². The summed E-state index contributed by atoms with van der Waals surface area (Å²) in [6.07, 6.45) is -50.6. The van der Waals surface area contributed by atoms with Gasteiger partial charge in [0.05, 0.1) is 0 Å². The van der Waals surface area contributed by atoms with Crippen LogP contribution in [0.5, 0.6) is 0 Å². The van der Waals surface area contributed by atoms with Gasteiger partial charge in [-0.25, -0.2) is 0 Å². The highest BCUT2D eigenvalue weighted by Gasteiger charge is 2.99. The normalized spacial score (nSPS) is 17.1. The summed E-state index contributed by atoms with van der Waals surface area (Å²) in [5, 5.41) is 0. The molecule has 484 valence electrons. The maximum absolute atomic E-state index is 13.8. The molecule has 0 amide bonds. The van der Waals surface area contributed by atoms with E-state index in [-0.39, 0.29) is 0 Å². The molecule has 2 nitrogen and oxygen atoms in total. The fraction of sp³-hybridized carbons (Fsp3) is 1.00. The molecule has 0 N–H and O–H groups in total. The Morgan fingerprint density at radius 1 is 0.100 bits per heavy atom. The fourth-order valence-corrected chi connectivity index (χ4v) is 4.10. The molecular weight excluding hydrogens is 1340 g/mol. The minimum absolute atomic E-state index is 6.15. The van der Waals surface area contributed by atoms with E-state index in [0.29, 0.717) is 0 Å². The van der Waals surface area contributed by atoms with Crippen LogP contribution >= 0.6 is 0 Å². The molecule has 0 radical (unpaired) electrons. The molecule has 0 saturated heterocycles. The van der Waals surface area contributed by atoms with E-state index in [4.69, 9.17) is 0 Å². The summed E-state index contributed by atoms with van der Waals surface area (Å²) >= 11 is 0. The third kappa shape index (κ3) is 10.5. The fourth-order valence-electron chi connectivity index (χ4n) is 4.10. The van der Waals surface area contributed by atoms with Crippen LogP contribution in [0.25, 0.3) is 0 Å². The zero-order chi connectivity index (χ0) is 67.2. The van der Waals surface area contributed by atoms with Crippen molar-refractivity contribution in [1.82, 2.24) is 9.80 Å². The van der Waals surface area contributed by atoms with Crippen LogP contribution in [-0.4, -0.2) is 154 Å². The standard InChI is InChI=1S/2C12F27N/c2*13-1(14,7(25,26)27)4(19,20)10(34,35)40(11(36,37)5(21,22)2(15,16)8(28,29)30)12(38,39)6(23,24)3(17,18)9(31,32)33. The van der Waals surface area contributed by atoms with E-state index in [1.807, 2.05) is 0 Å². The Balaban J connectivity index is 0. The lowest BCUT2D eigenvalue weighted by Gasteiger charge is -2.49. The Kier molecular flexibility index (Phi) is 18.9. The van der Waals surface area contributed by atoms with Gasteiger partial charge in [0, 0.05) is 0 Å². The molecule has 0 rings (SSSR count). The van der Waals surface area contributed by atoms with Crippen molar-refractivity contribution in [3.05, 3.63) is 0 Å². The molecule has 80 heavy (non-hydrogen) atoms. The molecule has 0 atom stereocenters. The SMILES string of the molecule is FC(F)(F)C(F)(F)C(F)(F)C(F)(F)N(C(F)(F)C(F)(F)C(F)(F)C(F)(F)F)C(F)(F)C(F)(F)C(F)(F)C(F)(F)F.FC(F)(F)C(F)(F)C(F)(F)C(F)(F)N(C(F)(F)C(F)(F)C(F)(F)C(F)(F)F)C(F)(F)C(F)(F)C(F)(F)C(F)(F)F. The number of hydrogen-bond donors (Lipinski definition) is 0. The van der Waals surface area contributed by atoms with Gasteiger partial charge in [-0.1, -0.05) is 0 Å². The van der Waals surface area contributed by atoms with Gasteiger partial charge >= 0.3 is 144 Å². The van der Waals surface area contributed by atoms with Crippen molar-refractivity contribution < 1.29 is 237 Å². The van der Waals surface area contributed by atoms with Crippen molar-refractivity contribution in [3.63, 3.8) is 0 Å². The molecule has 0 aliphatic rings.